The van der Waals surface area contributed by atoms with Crippen molar-refractivity contribution in [3.8, 4) is 5.75 Å². The first-order valence-corrected chi connectivity index (χ1v) is 8.89. The molecule has 3 rings (SSSR count). The van der Waals surface area contributed by atoms with E-state index in [-0.39, 0.29) is 0 Å². The fraction of sp³-hybridized carbons (Fsp3) is 0.600. The molecule has 2 aliphatic rings. The van der Waals surface area contributed by atoms with Gasteiger partial charge in [0.2, 0.25) is 0 Å². The van der Waals surface area contributed by atoms with Gasteiger partial charge in [0, 0.05) is 0 Å². The molecule has 0 radical (unpaired) electrons. The van der Waals surface area contributed by atoms with Gasteiger partial charge in [0.1, 0.15) is 5.75 Å². The Morgan fingerprint density at radius 1 is 0.864 bits per heavy atom. The van der Waals surface area contributed by atoms with Crippen LogP contribution >= 0.6 is 0 Å². The molecular weight excluding hydrogens is 270 g/mol. The summed E-state index contributed by atoms with van der Waals surface area (Å²) >= 11 is 0. The lowest BCUT2D eigenvalue weighted by Crippen LogP contribution is -2.25. The van der Waals surface area contributed by atoms with E-state index in [9.17, 15) is 0 Å². The number of nitrogens with two attached hydrogens (primary N) is 1. The van der Waals surface area contributed by atoms with Crippen LogP contribution in [0.25, 0.3) is 0 Å². The van der Waals surface area contributed by atoms with Gasteiger partial charge >= 0.3 is 0 Å². The zero-order valence-corrected chi connectivity index (χ0v) is 13.5. The van der Waals surface area contributed by atoms with Gasteiger partial charge < -0.3 is 4.84 Å². The van der Waals surface area contributed by atoms with E-state index in [0.29, 0.717) is 0 Å². The lowest BCUT2D eigenvalue weighted by atomic mass is 9.68. The minimum Gasteiger partial charge on any atom is -0.412 e. The van der Waals surface area contributed by atoms with E-state index in [4.69, 9.17) is 10.7 Å². The van der Waals surface area contributed by atoms with Gasteiger partial charge in [-0.25, -0.2) is 0 Å². The van der Waals surface area contributed by atoms with Crippen molar-refractivity contribution in [2.45, 2.75) is 57.3 Å². The number of benzene rings is 1. The number of rotatable bonds is 4. The number of hydrogen-bond donors (Lipinski definition) is 1. The van der Waals surface area contributed by atoms with Crippen molar-refractivity contribution < 1.29 is 4.84 Å². The first kappa shape index (κ1) is 15.6. The monoisotopic (exact) mass is 299 g/mol. The standard InChI is InChI=1S/C20H29NO/c1-2-15-3-5-16(6-4-15)17-7-9-18(10-8-17)19-11-13-20(22-21)14-12-19/h2,11-18H,1,3-10,21H2. The molecule has 2 nitrogen and oxygen atoms in total. The lowest BCUT2D eigenvalue weighted by molar-refractivity contribution is 0.171. The van der Waals surface area contributed by atoms with E-state index in [1.54, 1.807) is 0 Å². The van der Waals surface area contributed by atoms with E-state index >= 15 is 0 Å². The molecule has 0 aliphatic heterocycles. The van der Waals surface area contributed by atoms with E-state index in [1.165, 1.54) is 56.9 Å². The molecule has 120 valence electrons. The first-order chi connectivity index (χ1) is 10.8. The van der Waals surface area contributed by atoms with Gasteiger partial charge in [-0.05, 0) is 92.7 Å². The molecule has 1 aromatic rings. The van der Waals surface area contributed by atoms with Crippen LogP contribution in [0, 0.1) is 17.8 Å². The normalized spacial score (nSPS) is 32.4. The van der Waals surface area contributed by atoms with Crippen LogP contribution in [0.15, 0.2) is 36.9 Å². The van der Waals surface area contributed by atoms with Crippen molar-refractivity contribution in [3.63, 3.8) is 0 Å². The summed E-state index contributed by atoms with van der Waals surface area (Å²) in [6.07, 6.45) is 13.3. The Kier molecular flexibility index (Phi) is 5.20. The Balaban J connectivity index is 1.50. The fourth-order valence-electron chi connectivity index (χ4n) is 4.59. The van der Waals surface area contributed by atoms with Crippen molar-refractivity contribution in [3.05, 3.63) is 42.5 Å². The van der Waals surface area contributed by atoms with E-state index in [1.807, 2.05) is 12.1 Å². The third-order valence-electron chi connectivity index (χ3n) is 6.08. The summed E-state index contributed by atoms with van der Waals surface area (Å²) in [5.41, 5.74) is 1.45. The Bertz CT molecular complexity index is 465. The zero-order valence-electron chi connectivity index (χ0n) is 13.5. The molecule has 2 aliphatic carbocycles. The third kappa shape index (κ3) is 3.55. The smallest absolute Gasteiger partial charge is 0.146 e. The minimum atomic E-state index is 0.729. The van der Waals surface area contributed by atoms with E-state index in [0.717, 1.165) is 29.4 Å². The van der Waals surface area contributed by atoms with Crippen LogP contribution in [-0.2, 0) is 0 Å². The van der Waals surface area contributed by atoms with Crippen molar-refractivity contribution in [1.29, 1.82) is 0 Å². The molecule has 0 aromatic heterocycles. The predicted octanol–water partition coefficient (Wildman–Crippen LogP) is 5.21. The summed E-state index contributed by atoms with van der Waals surface area (Å²) in [5.74, 6) is 9.40. The molecule has 0 saturated heterocycles. The molecule has 2 N–H and O–H groups in total. The van der Waals surface area contributed by atoms with Crippen LogP contribution < -0.4 is 10.7 Å². The van der Waals surface area contributed by atoms with Gasteiger partial charge in [-0.1, -0.05) is 18.2 Å². The van der Waals surface area contributed by atoms with Gasteiger partial charge in [0.25, 0.3) is 0 Å². The maximum absolute atomic E-state index is 5.19. The molecule has 0 atom stereocenters. The SMILES string of the molecule is C=CC1CCC(C2CCC(c3ccc(ON)cc3)CC2)CC1. The summed E-state index contributed by atoms with van der Waals surface area (Å²) in [6, 6.07) is 8.33. The van der Waals surface area contributed by atoms with Gasteiger partial charge in [-0.3, -0.25) is 0 Å². The summed E-state index contributed by atoms with van der Waals surface area (Å²) in [6.45, 7) is 3.96. The molecule has 2 fully saturated rings. The third-order valence-corrected chi connectivity index (χ3v) is 6.08. The topological polar surface area (TPSA) is 35.2 Å². The Hall–Kier alpha value is -1.28. The molecule has 2 heteroatoms. The molecular formula is C20H29NO. The molecule has 0 bridgehead atoms. The molecule has 0 heterocycles. The maximum atomic E-state index is 5.19. The van der Waals surface area contributed by atoms with Crippen molar-refractivity contribution in [1.82, 2.24) is 0 Å². The second-order valence-corrected chi connectivity index (χ2v) is 7.21. The van der Waals surface area contributed by atoms with Crippen molar-refractivity contribution in [2.75, 3.05) is 0 Å². The highest BCUT2D eigenvalue weighted by molar-refractivity contribution is 5.29. The quantitative estimate of drug-likeness (QED) is 0.612. The molecule has 0 amide bonds. The molecule has 0 spiro atoms. The van der Waals surface area contributed by atoms with E-state index in [2.05, 4.69) is 24.8 Å². The summed E-state index contributed by atoms with van der Waals surface area (Å²) in [7, 11) is 0. The van der Waals surface area contributed by atoms with Crippen molar-refractivity contribution in [2.24, 2.45) is 23.7 Å². The highest BCUT2D eigenvalue weighted by Crippen LogP contribution is 2.44. The van der Waals surface area contributed by atoms with Crippen LogP contribution in [0.4, 0.5) is 0 Å². The summed E-state index contributed by atoms with van der Waals surface area (Å²) in [4.78, 5) is 4.76. The Labute approximate surface area is 134 Å². The highest BCUT2D eigenvalue weighted by Gasteiger charge is 2.30. The fourth-order valence-corrected chi connectivity index (χ4v) is 4.59. The highest BCUT2D eigenvalue weighted by atomic mass is 16.6. The number of allylic oxidation sites excluding steroid dienone is 1. The largest absolute Gasteiger partial charge is 0.412 e. The van der Waals surface area contributed by atoms with E-state index < -0.39 is 0 Å². The molecule has 0 unspecified atom stereocenters. The molecule has 22 heavy (non-hydrogen) atoms. The van der Waals surface area contributed by atoms with Crippen LogP contribution in [0.2, 0.25) is 0 Å². The molecule has 1 aromatic carbocycles. The predicted molar refractivity (Wildman–Crippen MR) is 91.6 cm³/mol. The van der Waals surface area contributed by atoms with Crippen LogP contribution in [0.1, 0.15) is 62.8 Å². The summed E-state index contributed by atoms with van der Waals surface area (Å²) in [5, 5.41) is 0. The zero-order chi connectivity index (χ0) is 15.4. The average Bonchev–Trinajstić information content (AvgIpc) is 2.62. The summed E-state index contributed by atoms with van der Waals surface area (Å²) < 4.78 is 0. The molecule has 2 saturated carbocycles. The first-order valence-electron chi connectivity index (χ1n) is 8.89. The second kappa shape index (κ2) is 7.32. The van der Waals surface area contributed by atoms with Gasteiger partial charge in [0.15, 0.2) is 0 Å². The average molecular weight is 299 g/mol. The second-order valence-electron chi connectivity index (χ2n) is 7.21. The Morgan fingerprint density at radius 3 is 1.91 bits per heavy atom. The Morgan fingerprint density at radius 2 is 1.41 bits per heavy atom. The van der Waals surface area contributed by atoms with Crippen LogP contribution in [0.5, 0.6) is 5.75 Å². The van der Waals surface area contributed by atoms with Crippen molar-refractivity contribution >= 4 is 0 Å². The number of hydrogen-bond acceptors (Lipinski definition) is 2. The maximum Gasteiger partial charge on any atom is 0.146 e. The minimum absolute atomic E-state index is 0.729. The van der Waals surface area contributed by atoms with Crippen LogP contribution in [-0.4, -0.2) is 0 Å². The lowest BCUT2D eigenvalue weighted by Gasteiger charge is -2.37. The van der Waals surface area contributed by atoms with Gasteiger partial charge in [0.05, 0.1) is 0 Å². The van der Waals surface area contributed by atoms with Crippen LogP contribution in [0.3, 0.4) is 0 Å². The van der Waals surface area contributed by atoms with Gasteiger partial charge in [-0.2, -0.15) is 5.90 Å². The van der Waals surface area contributed by atoms with Gasteiger partial charge in [-0.15, -0.1) is 6.58 Å².